The second kappa shape index (κ2) is 5.73. The number of Topliss-reactive ketones (excluding diaryl/α,β-unsaturated/α-hetero) is 1. The van der Waals surface area contributed by atoms with Gasteiger partial charge in [-0.1, -0.05) is 34.1 Å². The number of halogens is 1. The minimum Gasteiger partial charge on any atom is -0.324 e. The normalized spacial score (nSPS) is 13.2. The molecule has 0 unspecified atom stereocenters. The van der Waals surface area contributed by atoms with Crippen molar-refractivity contribution in [2.24, 2.45) is 0 Å². The van der Waals surface area contributed by atoms with Crippen molar-refractivity contribution in [1.82, 2.24) is 0 Å². The van der Waals surface area contributed by atoms with Crippen LogP contribution in [0.3, 0.4) is 0 Å². The van der Waals surface area contributed by atoms with Crippen molar-refractivity contribution in [2.45, 2.75) is 0 Å². The van der Waals surface area contributed by atoms with Gasteiger partial charge in [0.25, 0.3) is 11.7 Å². The molecule has 3 rings (SSSR count). The molecule has 2 aromatic rings. The zero-order valence-electron chi connectivity index (χ0n) is 11.4. The summed E-state index contributed by atoms with van der Waals surface area (Å²) >= 11 is 3.32. The minimum absolute atomic E-state index is 0.200. The number of nitrogens with one attached hydrogen (secondary N) is 1. The average Bonchev–Trinajstić information content (AvgIpc) is 2.73. The number of amides is 2. The van der Waals surface area contributed by atoms with Crippen LogP contribution in [0.15, 0.2) is 53.0 Å². The lowest BCUT2D eigenvalue weighted by atomic mass is 10.1. The van der Waals surface area contributed by atoms with Crippen molar-refractivity contribution in [3.05, 3.63) is 58.6 Å². The Morgan fingerprint density at radius 1 is 1.09 bits per heavy atom. The molecular weight excluding hydrogens is 348 g/mol. The van der Waals surface area contributed by atoms with Crippen molar-refractivity contribution in [3.63, 3.8) is 0 Å². The number of carbonyl (C=O) groups excluding carboxylic acids is 3. The van der Waals surface area contributed by atoms with Gasteiger partial charge in [-0.3, -0.25) is 19.3 Å². The Hall–Kier alpha value is -2.47. The molecule has 6 heteroatoms. The molecule has 0 spiro atoms. The van der Waals surface area contributed by atoms with Crippen LogP contribution in [0.1, 0.15) is 10.4 Å². The van der Waals surface area contributed by atoms with Gasteiger partial charge in [-0.2, -0.15) is 0 Å². The van der Waals surface area contributed by atoms with E-state index in [1.165, 1.54) is 4.90 Å². The number of benzene rings is 2. The van der Waals surface area contributed by atoms with Crippen LogP contribution >= 0.6 is 15.9 Å². The second-order valence-electron chi connectivity index (χ2n) is 4.80. The Balaban J connectivity index is 1.77. The topological polar surface area (TPSA) is 66.5 Å². The highest BCUT2D eigenvalue weighted by Gasteiger charge is 2.36. The fourth-order valence-electron chi connectivity index (χ4n) is 2.32. The van der Waals surface area contributed by atoms with Gasteiger partial charge in [0.05, 0.1) is 11.3 Å². The molecule has 1 heterocycles. The number of anilines is 2. The summed E-state index contributed by atoms with van der Waals surface area (Å²) in [5.41, 5.74) is 1.43. The summed E-state index contributed by atoms with van der Waals surface area (Å²) in [5.74, 6) is -1.62. The van der Waals surface area contributed by atoms with Crippen molar-refractivity contribution in [2.75, 3.05) is 16.8 Å². The number of hydrogen-bond donors (Lipinski definition) is 1. The summed E-state index contributed by atoms with van der Waals surface area (Å²) < 4.78 is 0.836. The first-order chi connectivity index (χ1) is 10.6. The van der Waals surface area contributed by atoms with E-state index in [2.05, 4.69) is 21.2 Å². The Labute approximate surface area is 135 Å². The predicted octanol–water partition coefficient (Wildman–Crippen LogP) is 2.62. The van der Waals surface area contributed by atoms with Crippen LogP contribution in [-0.2, 0) is 9.59 Å². The van der Waals surface area contributed by atoms with Gasteiger partial charge in [0, 0.05) is 10.2 Å². The number of hydrogen-bond acceptors (Lipinski definition) is 3. The van der Waals surface area contributed by atoms with Gasteiger partial charge in [-0.15, -0.1) is 0 Å². The monoisotopic (exact) mass is 358 g/mol. The summed E-state index contributed by atoms with van der Waals surface area (Å²) in [6, 6.07) is 13.8. The summed E-state index contributed by atoms with van der Waals surface area (Å²) in [6.07, 6.45) is 0. The van der Waals surface area contributed by atoms with E-state index < -0.39 is 11.7 Å². The van der Waals surface area contributed by atoms with E-state index in [-0.39, 0.29) is 12.5 Å². The molecule has 2 amide bonds. The van der Waals surface area contributed by atoms with E-state index in [1.807, 2.05) is 6.07 Å². The van der Waals surface area contributed by atoms with E-state index in [0.29, 0.717) is 16.9 Å². The van der Waals surface area contributed by atoms with Crippen molar-refractivity contribution < 1.29 is 14.4 Å². The maximum absolute atomic E-state index is 12.1. The Kier molecular flexibility index (Phi) is 3.77. The van der Waals surface area contributed by atoms with E-state index >= 15 is 0 Å². The summed E-state index contributed by atoms with van der Waals surface area (Å²) in [7, 11) is 0. The van der Waals surface area contributed by atoms with Gasteiger partial charge in [-0.25, -0.2) is 0 Å². The van der Waals surface area contributed by atoms with Gasteiger partial charge in [0.15, 0.2) is 0 Å². The average molecular weight is 359 g/mol. The van der Waals surface area contributed by atoms with Crippen LogP contribution in [0.4, 0.5) is 11.4 Å². The lowest BCUT2D eigenvalue weighted by molar-refractivity contribution is -0.118. The van der Waals surface area contributed by atoms with Crippen molar-refractivity contribution in [1.29, 1.82) is 0 Å². The molecule has 0 aromatic heterocycles. The molecule has 0 radical (unpaired) electrons. The minimum atomic E-state index is -0.675. The van der Waals surface area contributed by atoms with Crippen LogP contribution in [0, 0.1) is 0 Å². The van der Waals surface area contributed by atoms with Crippen molar-refractivity contribution >= 4 is 44.9 Å². The van der Waals surface area contributed by atoms with E-state index in [9.17, 15) is 14.4 Å². The first kappa shape index (κ1) is 14.5. The van der Waals surface area contributed by atoms with Crippen molar-refractivity contribution in [3.8, 4) is 0 Å². The highest BCUT2D eigenvalue weighted by molar-refractivity contribution is 9.10. The molecule has 5 nitrogen and oxygen atoms in total. The molecule has 0 atom stereocenters. The van der Waals surface area contributed by atoms with Gasteiger partial charge in [0.1, 0.15) is 6.54 Å². The Morgan fingerprint density at radius 2 is 1.86 bits per heavy atom. The first-order valence-electron chi connectivity index (χ1n) is 6.57. The Morgan fingerprint density at radius 3 is 2.64 bits per heavy atom. The van der Waals surface area contributed by atoms with E-state index in [4.69, 9.17) is 0 Å². The van der Waals surface area contributed by atoms with E-state index in [0.717, 1.165) is 4.47 Å². The number of fused-ring (bicyclic) bond motifs is 1. The SMILES string of the molecule is O=C(CN1C(=O)C(=O)c2ccccc21)Nc1cccc(Br)c1. The lowest BCUT2D eigenvalue weighted by Crippen LogP contribution is -2.37. The molecule has 1 aliphatic rings. The first-order valence-corrected chi connectivity index (χ1v) is 7.36. The van der Waals surface area contributed by atoms with Crippen LogP contribution in [0.25, 0.3) is 0 Å². The number of nitrogens with zero attached hydrogens (tertiary/aromatic N) is 1. The lowest BCUT2D eigenvalue weighted by Gasteiger charge is -2.16. The third-order valence-corrected chi connectivity index (χ3v) is 3.78. The fraction of sp³-hybridized carbons (Fsp3) is 0.0625. The quantitative estimate of drug-likeness (QED) is 0.857. The fourth-order valence-corrected chi connectivity index (χ4v) is 2.71. The molecule has 0 saturated carbocycles. The maximum atomic E-state index is 12.1. The zero-order chi connectivity index (χ0) is 15.7. The highest BCUT2D eigenvalue weighted by Crippen LogP contribution is 2.28. The predicted molar refractivity (Wildman–Crippen MR) is 85.9 cm³/mol. The maximum Gasteiger partial charge on any atom is 0.299 e. The smallest absolute Gasteiger partial charge is 0.299 e. The number of ketones is 1. The van der Waals surface area contributed by atoms with Crippen LogP contribution in [0.5, 0.6) is 0 Å². The van der Waals surface area contributed by atoms with E-state index in [1.54, 1.807) is 42.5 Å². The largest absolute Gasteiger partial charge is 0.324 e. The highest BCUT2D eigenvalue weighted by atomic mass is 79.9. The molecule has 0 saturated heterocycles. The second-order valence-corrected chi connectivity index (χ2v) is 5.71. The summed E-state index contributed by atoms with van der Waals surface area (Å²) in [4.78, 5) is 37.2. The van der Waals surface area contributed by atoms with Crippen LogP contribution < -0.4 is 10.2 Å². The van der Waals surface area contributed by atoms with Gasteiger partial charge in [-0.05, 0) is 30.3 Å². The molecule has 1 aliphatic heterocycles. The third kappa shape index (κ3) is 2.65. The van der Waals surface area contributed by atoms with Crippen LogP contribution in [-0.4, -0.2) is 24.1 Å². The third-order valence-electron chi connectivity index (χ3n) is 3.29. The van der Waals surface area contributed by atoms with Gasteiger partial charge in [0.2, 0.25) is 5.91 Å². The molecule has 0 fully saturated rings. The number of rotatable bonds is 3. The molecular formula is C16H11BrN2O3. The standard InChI is InChI=1S/C16H11BrN2O3/c17-10-4-3-5-11(8-10)18-14(20)9-19-13-7-2-1-6-12(13)15(21)16(19)22/h1-8H,9H2,(H,18,20). The van der Waals surface area contributed by atoms with Gasteiger partial charge < -0.3 is 5.32 Å². The molecule has 2 aromatic carbocycles. The molecule has 1 N–H and O–H groups in total. The van der Waals surface area contributed by atoms with Crippen LogP contribution in [0.2, 0.25) is 0 Å². The summed E-state index contributed by atoms with van der Waals surface area (Å²) in [6.45, 7) is -0.200. The number of carbonyl (C=O) groups is 3. The number of para-hydroxylation sites is 1. The molecule has 0 aliphatic carbocycles. The summed E-state index contributed by atoms with van der Waals surface area (Å²) in [5, 5.41) is 2.70. The molecule has 110 valence electrons. The zero-order valence-corrected chi connectivity index (χ0v) is 13.0. The van der Waals surface area contributed by atoms with Gasteiger partial charge >= 0.3 is 0 Å². The molecule has 0 bridgehead atoms. The molecule has 22 heavy (non-hydrogen) atoms. The Bertz CT molecular complexity index is 788.